The van der Waals surface area contributed by atoms with Crippen LogP contribution in [0.4, 0.5) is 5.69 Å². The summed E-state index contributed by atoms with van der Waals surface area (Å²) >= 11 is 0. The Hall–Kier alpha value is -3.86. The minimum atomic E-state index is -4.25. The molecule has 4 rings (SSSR count). The Morgan fingerprint density at radius 2 is 1.89 bits per heavy atom. The lowest BCUT2D eigenvalue weighted by Gasteiger charge is -2.35. The molecule has 2 amide bonds. The number of sulfonamides is 1. The highest BCUT2D eigenvalue weighted by atomic mass is 32.2. The van der Waals surface area contributed by atoms with Crippen LogP contribution in [0, 0.1) is 5.41 Å². The number of aliphatic hydroxyl groups is 1. The van der Waals surface area contributed by atoms with Crippen molar-refractivity contribution in [2.24, 2.45) is 15.5 Å². The number of carbonyl (C=O) groups excluding carboxylic acids is 2. The number of benzene rings is 2. The summed E-state index contributed by atoms with van der Waals surface area (Å²) in [6, 6.07) is 12.7. The Bertz CT molecular complexity index is 1360. The number of amidine groups is 1. The maximum Gasteiger partial charge on any atom is 0.286 e. The lowest BCUT2D eigenvalue weighted by molar-refractivity contribution is -0.129. The van der Waals surface area contributed by atoms with Gasteiger partial charge in [-0.25, -0.2) is 0 Å². The molecule has 0 saturated heterocycles. The second-order valence-corrected chi connectivity index (χ2v) is 11.0. The van der Waals surface area contributed by atoms with Gasteiger partial charge in [0.25, 0.3) is 21.8 Å². The number of rotatable bonds is 6. The summed E-state index contributed by atoms with van der Waals surface area (Å²) in [5.41, 5.74) is 5.35. The van der Waals surface area contributed by atoms with Gasteiger partial charge in [-0.2, -0.15) is 8.42 Å². The molecule has 4 N–H and O–H groups in total. The van der Waals surface area contributed by atoms with Crippen molar-refractivity contribution < 1.29 is 27.9 Å². The van der Waals surface area contributed by atoms with Crippen molar-refractivity contribution in [2.75, 3.05) is 11.9 Å². The maximum atomic E-state index is 13.5. The normalized spacial score (nSPS) is 19.2. The lowest BCUT2D eigenvalue weighted by atomic mass is 9.85. The molecule has 2 aromatic rings. The molecular weight excluding hydrogens is 472 g/mol. The van der Waals surface area contributed by atoms with E-state index in [1.54, 1.807) is 0 Å². The van der Waals surface area contributed by atoms with Crippen molar-refractivity contribution in [1.29, 1.82) is 0 Å². The molecule has 0 saturated carbocycles. The van der Waals surface area contributed by atoms with E-state index in [-0.39, 0.29) is 40.0 Å². The molecule has 0 bridgehead atoms. The van der Waals surface area contributed by atoms with Crippen LogP contribution in [0.25, 0.3) is 0 Å². The van der Waals surface area contributed by atoms with Crippen LogP contribution in [0.3, 0.4) is 0 Å². The van der Waals surface area contributed by atoms with E-state index in [1.165, 1.54) is 23.1 Å². The van der Waals surface area contributed by atoms with Crippen molar-refractivity contribution >= 4 is 33.4 Å². The second kappa shape index (κ2) is 8.73. The molecule has 2 aromatic carbocycles. The van der Waals surface area contributed by atoms with Crippen molar-refractivity contribution in [2.45, 2.75) is 38.3 Å². The van der Waals surface area contributed by atoms with Crippen LogP contribution in [0.15, 0.2) is 69.2 Å². The summed E-state index contributed by atoms with van der Waals surface area (Å²) in [5.74, 6) is -1.62. The quantitative estimate of drug-likeness (QED) is 0.553. The number of primary amides is 1. The molecule has 2 aliphatic heterocycles. The molecule has 0 radical (unpaired) electrons. The van der Waals surface area contributed by atoms with E-state index in [4.69, 9.17) is 10.5 Å². The first-order valence-electron chi connectivity index (χ1n) is 10.8. The molecule has 0 aromatic heterocycles. The fraction of sp³-hybridized carbons (Fsp3) is 0.292. The number of amides is 2. The second-order valence-electron chi connectivity index (χ2n) is 9.40. The number of hydrogen-bond donors (Lipinski definition) is 3. The first-order valence-corrected chi connectivity index (χ1v) is 12.3. The molecule has 10 nitrogen and oxygen atoms in total. The van der Waals surface area contributed by atoms with Gasteiger partial charge in [-0.05, 0) is 23.1 Å². The fourth-order valence-corrected chi connectivity index (χ4v) is 5.33. The lowest BCUT2D eigenvalue weighted by Crippen LogP contribution is -2.43. The Morgan fingerprint density at radius 1 is 1.20 bits per heavy atom. The monoisotopic (exact) mass is 498 g/mol. The van der Waals surface area contributed by atoms with Crippen molar-refractivity contribution in [1.82, 2.24) is 4.90 Å². The van der Waals surface area contributed by atoms with E-state index in [9.17, 15) is 23.1 Å². The van der Waals surface area contributed by atoms with Crippen LogP contribution < -0.4 is 15.8 Å². The number of nitrogens with one attached hydrogen (secondary N) is 1. The van der Waals surface area contributed by atoms with Crippen molar-refractivity contribution in [3.8, 4) is 5.75 Å². The smallest absolute Gasteiger partial charge is 0.286 e. The Morgan fingerprint density at radius 3 is 2.51 bits per heavy atom. The molecule has 1 unspecified atom stereocenters. The molecular formula is C24H26N4O6S. The number of nitrogens with two attached hydrogens (primary N) is 1. The molecule has 35 heavy (non-hydrogen) atoms. The van der Waals surface area contributed by atoms with Gasteiger partial charge in [0.15, 0.2) is 12.4 Å². The number of carbonyl (C=O) groups is 2. The fourth-order valence-electron chi connectivity index (χ4n) is 4.19. The standard InChI is InChI=1S/C24H26N4O6S/c1-24(2,3)21-20(30)19(23(31)28(21)12-14-7-5-4-6-8-14)22-26-16-10-9-15(34-13-18(25)29)11-17(16)35(32,33)27-22/h4-11,21,30H,12-13H2,1-3H3,(H2,25,29)(H,26,27). The van der Waals surface area contributed by atoms with Gasteiger partial charge in [0.2, 0.25) is 0 Å². The minimum absolute atomic E-state index is 0.118. The Balaban J connectivity index is 1.72. The zero-order valence-electron chi connectivity index (χ0n) is 19.5. The van der Waals surface area contributed by atoms with Crippen LogP contribution in [-0.2, 0) is 26.2 Å². The van der Waals surface area contributed by atoms with Gasteiger partial charge in [0.1, 0.15) is 22.0 Å². The number of hydrogen-bond acceptors (Lipinski definition) is 7. The first-order chi connectivity index (χ1) is 16.4. The van der Waals surface area contributed by atoms with Gasteiger partial charge in [-0.3, -0.25) is 9.59 Å². The summed E-state index contributed by atoms with van der Waals surface area (Å²) in [4.78, 5) is 25.8. The van der Waals surface area contributed by atoms with Gasteiger partial charge in [-0.1, -0.05) is 51.1 Å². The predicted molar refractivity (Wildman–Crippen MR) is 129 cm³/mol. The minimum Gasteiger partial charge on any atom is -0.509 e. The predicted octanol–water partition coefficient (Wildman–Crippen LogP) is 2.33. The topological polar surface area (TPSA) is 151 Å². The van der Waals surface area contributed by atoms with Crippen molar-refractivity contribution in [3.63, 3.8) is 0 Å². The average Bonchev–Trinajstić information content (AvgIpc) is 3.02. The maximum absolute atomic E-state index is 13.5. The van der Waals surface area contributed by atoms with Gasteiger partial charge in [0, 0.05) is 12.6 Å². The van der Waals surface area contributed by atoms with E-state index >= 15 is 0 Å². The SMILES string of the molecule is CC(C)(C)C1C(O)=C(C2=NS(=O)(=O)c3cc(OCC(N)=O)ccc3N2)C(=O)N1Cc1ccccc1. The van der Waals surface area contributed by atoms with Crippen LogP contribution in [0.2, 0.25) is 0 Å². The highest BCUT2D eigenvalue weighted by molar-refractivity contribution is 7.90. The molecule has 0 spiro atoms. The van der Waals surface area contributed by atoms with Crippen LogP contribution in [-0.4, -0.2) is 48.7 Å². The highest BCUT2D eigenvalue weighted by Gasteiger charge is 2.48. The zero-order chi connectivity index (χ0) is 25.5. The molecule has 2 heterocycles. The Kier molecular flexibility index (Phi) is 6.05. The molecule has 184 valence electrons. The highest BCUT2D eigenvalue weighted by Crippen LogP contribution is 2.40. The number of ether oxygens (including phenoxy) is 1. The third-order valence-corrected chi connectivity index (χ3v) is 6.95. The zero-order valence-corrected chi connectivity index (χ0v) is 20.3. The summed E-state index contributed by atoms with van der Waals surface area (Å²) in [5, 5.41) is 14.0. The van der Waals surface area contributed by atoms with E-state index in [0.717, 1.165) is 5.56 Å². The third kappa shape index (κ3) is 4.72. The van der Waals surface area contributed by atoms with Crippen LogP contribution >= 0.6 is 0 Å². The number of fused-ring (bicyclic) bond motifs is 1. The van der Waals surface area contributed by atoms with Crippen LogP contribution in [0.5, 0.6) is 5.75 Å². The number of nitrogens with zero attached hydrogens (tertiary/aromatic N) is 2. The molecule has 11 heteroatoms. The van der Waals surface area contributed by atoms with Crippen molar-refractivity contribution in [3.05, 3.63) is 65.4 Å². The van der Waals surface area contributed by atoms with E-state index in [1.807, 2.05) is 51.1 Å². The van der Waals surface area contributed by atoms with E-state index in [2.05, 4.69) is 9.71 Å². The van der Waals surface area contributed by atoms with E-state index < -0.39 is 39.9 Å². The largest absolute Gasteiger partial charge is 0.509 e. The molecule has 1 atom stereocenters. The summed E-state index contributed by atoms with van der Waals surface area (Å²) in [6.07, 6.45) is 0. The molecule has 2 aliphatic rings. The Labute approximate surface area is 203 Å². The van der Waals surface area contributed by atoms with Crippen LogP contribution in [0.1, 0.15) is 26.3 Å². The first kappa shape index (κ1) is 24.3. The third-order valence-electron chi connectivity index (χ3n) is 5.63. The molecule has 0 fully saturated rings. The summed E-state index contributed by atoms with van der Waals surface area (Å²) < 4.78 is 35.0. The number of anilines is 1. The van der Waals surface area contributed by atoms with Gasteiger partial charge < -0.3 is 25.8 Å². The molecule has 0 aliphatic carbocycles. The van der Waals surface area contributed by atoms with Gasteiger partial charge in [-0.15, -0.1) is 4.40 Å². The van der Waals surface area contributed by atoms with Gasteiger partial charge in [0.05, 0.1) is 11.7 Å². The van der Waals surface area contributed by atoms with Gasteiger partial charge >= 0.3 is 0 Å². The average molecular weight is 499 g/mol. The summed E-state index contributed by atoms with van der Waals surface area (Å²) in [7, 11) is -4.25. The summed E-state index contributed by atoms with van der Waals surface area (Å²) in [6.45, 7) is 5.47. The number of aliphatic hydroxyl groups excluding tert-OH is 1. The van der Waals surface area contributed by atoms with E-state index in [0.29, 0.717) is 0 Å².